The second kappa shape index (κ2) is 2.74. The van der Waals surface area contributed by atoms with Gasteiger partial charge in [0.15, 0.2) is 0 Å². The van der Waals surface area contributed by atoms with Gasteiger partial charge in [0.25, 0.3) is 0 Å². The van der Waals surface area contributed by atoms with Crippen LogP contribution in [0.25, 0.3) is 0 Å². The molecule has 0 aromatic carbocycles. The molecule has 2 nitrogen and oxygen atoms in total. The lowest BCUT2D eigenvalue weighted by molar-refractivity contribution is 0.296. The van der Waals surface area contributed by atoms with Gasteiger partial charge in [-0.2, -0.15) is 0 Å². The van der Waals surface area contributed by atoms with E-state index in [1.54, 1.807) is 18.4 Å². The zero-order chi connectivity index (χ0) is 5.82. The van der Waals surface area contributed by atoms with Crippen LogP contribution in [0.1, 0.15) is 5.76 Å². The zero-order valence-corrected chi connectivity index (χ0v) is 4.89. The van der Waals surface area contributed by atoms with Gasteiger partial charge in [-0.05, 0) is 12.1 Å². The summed E-state index contributed by atoms with van der Waals surface area (Å²) >= 11 is 4.93. The summed E-state index contributed by atoms with van der Waals surface area (Å²) in [7, 11) is 0. The molecule has 44 valence electrons. The summed E-state index contributed by atoms with van der Waals surface area (Å²) in [5.74, 6) is 0.736. The minimum Gasteiger partial charge on any atom is -0.467 e. The Balaban J connectivity index is 2.50. The first kappa shape index (κ1) is 5.66. The Morgan fingerprint density at radius 3 is 3.12 bits per heavy atom. The molecule has 0 spiro atoms. The minimum atomic E-state index is 0.328. The van der Waals surface area contributed by atoms with Gasteiger partial charge in [0.05, 0.1) is 18.1 Å². The highest BCUT2D eigenvalue weighted by atomic mass is 35.5. The SMILES string of the molecule is ClOCc1ccco1. The topological polar surface area (TPSA) is 22.4 Å². The molecule has 0 atom stereocenters. The van der Waals surface area contributed by atoms with Gasteiger partial charge in [0, 0.05) is 0 Å². The lowest BCUT2D eigenvalue weighted by Gasteiger charge is -1.85. The molecule has 0 fully saturated rings. The van der Waals surface area contributed by atoms with Crippen LogP contribution in [0, 0.1) is 0 Å². The van der Waals surface area contributed by atoms with Crippen molar-refractivity contribution in [1.29, 1.82) is 0 Å². The highest BCUT2D eigenvalue weighted by Crippen LogP contribution is 2.01. The second-order valence-electron chi connectivity index (χ2n) is 1.33. The van der Waals surface area contributed by atoms with Crippen molar-refractivity contribution >= 4 is 11.9 Å². The molecular weight excluding hydrogens is 128 g/mol. The Labute approximate surface area is 52.2 Å². The number of furan rings is 1. The number of hydrogen-bond acceptors (Lipinski definition) is 2. The van der Waals surface area contributed by atoms with Gasteiger partial charge in [-0.1, -0.05) is 0 Å². The summed E-state index contributed by atoms with van der Waals surface area (Å²) in [5.41, 5.74) is 0. The molecule has 0 N–H and O–H groups in total. The van der Waals surface area contributed by atoms with Gasteiger partial charge in [-0.25, -0.2) is 0 Å². The van der Waals surface area contributed by atoms with Crippen LogP contribution in [0.5, 0.6) is 0 Å². The van der Waals surface area contributed by atoms with Gasteiger partial charge in [0.2, 0.25) is 0 Å². The molecule has 0 amide bonds. The third kappa shape index (κ3) is 1.25. The molecule has 0 aliphatic rings. The van der Waals surface area contributed by atoms with Gasteiger partial charge in [-0.3, -0.25) is 4.29 Å². The van der Waals surface area contributed by atoms with Gasteiger partial charge in [0.1, 0.15) is 12.4 Å². The zero-order valence-electron chi connectivity index (χ0n) is 4.13. The normalized spacial score (nSPS) is 9.62. The molecule has 0 unspecified atom stereocenters. The fraction of sp³-hybridized carbons (Fsp3) is 0.200. The van der Waals surface area contributed by atoms with Crippen molar-refractivity contribution in [1.82, 2.24) is 0 Å². The summed E-state index contributed by atoms with van der Waals surface area (Å²) in [6.07, 6.45) is 1.57. The molecule has 1 rings (SSSR count). The van der Waals surface area contributed by atoms with E-state index >= 15 is 0 Å². The van der Waals surface area contributed by atoms with Gasteiger partial charge >= 0.3 is 0 Å². The van der Waals surface area contributed by atoms with Crippen molar-refractivity contribution in [2.24, 2.45) is 0 Å². The average Bonchev–Trinajstić information content (AvgIpc) is 2.19. The van der Waals surface area contributed by atoms with Gasteiger partial charge in [-0.15, -0.1) is 0 Å². The Bertz CT molecular complexity index is 136. The van der Waals surface area contributed by atoms with Crippen molar-refractivity contribution in [3.63, 3.8) is 0 Å². The summed E-state index contributed by atoms with van der Waals surface area (Å²) < 4.78 is 9.13. The van der Waals surface area contributed by atoms with Crippen LogP contribution in [-0.4, -0.2) is 0 Å². The molecule has 1 aromatic rings. The standard InChI is InChI=1S/C5H5ClO2/c6-8-4-5-2-1-3-7-5/h1-3H,4H2. The van der Waals surface area contributed by atoms with Crippen LogP contribution < -0.4 is 0 Å². The van der Waals surface area contributed by atoms with E-state index in [0.717, 1.165) is 5.76 Å². The maximum atomic E-state index is 4.93. The van der Waals surface area contributed by atoms with Crippen molar-refractivity contribution in [2.45, 2.75) is 6.61 Å². The maximum absolute atomic E-state index is 4.93. The lowest BCUT2D eigenvalue weighted by Crippen LogP contribution is -1.75. The number of rotatable bonds is 2. The third-order valence-electron chi connectivity index (χ3n) is 0.777. The summed E-state index contributed by atoms with van der Waals surface area (Å²) in [6.45, 7) is 0.328. The molecule has 1 aromatic heterocycles. The first-order chi connectivity index (χ1) is 3.93. The molecule has 0 radical (unpaired) electrons. The van der Waals surface area contributed by atoms with E-state index in [1.165, 1.54) is 0 Å². The lowest BCUT2D eigenvalue weighted by atomic mass is 10.5. The van der Waals surface area contributed by atoms with E-state index < -0.39 is 0 Å². The first-order valence-corrected chi connectivity index (χ1v) is 2.50. The molecule has 0 aliphatic carbocycles. The molecule has 8 heavy (non-hydrogen) atoms. The predicted molar refractivity (Wildman–Crippen MR) is 29.3 cm³/mol. The summed E-state index contributed by atoms with van der Waals surface area (Å²) in [6, 6.07) is 3.58. The van der Waals surface area contributed by atoms with Crippen LogP contribution in [0.15, 0.2) is 22.8 Å². The van der Waals surface area contributed by atoms with Crippen molar-refractivity contribution in [2.75, 3.05) is 0 Å². The van der Waals surface area contributed by atoms with E-state index in [9.17, 15) is 0 Å². The molecule has 3 heteroatoms. The van der Waals surface area contributed by atoms with E-state index in [1.807, 2.05) is 0 Å². The Morgan fingerprint density at radius 2 is 2.62 bits per heavy atom. The first-order valence-electron chi connectivity index (χ1n) is 2.19. The van der Waals surface area contributed by atoms with E-state index in [0.29, 0.717) is 6.61 Å². The Hall–Kier alpha value is -0.470. The number of halogens is 1. The van der Waals surface area contributed by atoms with E-state index in [2.05, 4.69) is 4.29 Å². The highest BCUT2D eigenvalue weighted by molar-refractivity contribution is 6.07. The monoisotopic (exact) mass is 132 g/mol. The maximum Gasteiger partial charge on any atom is 0.131 e. The van der Waals surface area contributed by atoms with Gasteiger partial charge < -0.3 is 4.42 Å². The van der Waals surface area contributed by atoms with Crippen molar-refractivity contribution in [3.05, 3.63) is 24.2 Å². The third-order valence-corrected chi connectivity index (χ3v) is 0.886. The molecule has 0 bridgehead atoms. The van der Waals surface area contributed by atoms with E-state index in [-0.39, 0.29) is 0 Å². The largest absolute Gasteiger partial charge is 0.467 e. The second-order valence-corrected chi connectivity index (χ2v) is 1.55. The van der Waals surface area contributed by atoms with Crippen molar-refractivity contribution < 1.29 is 8.71 Å². The summed E-state index contributed by atoms with van der Waals surface area (Å²) in [5, 5.41) is 0. The molecule has 0 saturated heterocycles. The molecular formula is C5H5ClO2. The quantitative estimate of drug-likeness (QED) is 0.614. The van der Waals surface area contributed by atoms with Crippen molar-refractivity contribution in [3.8, 4) is 0 Å². The fourth-order valence-corrected chi connectivity index (χ4v) is 0.556. The highest BCUT2D eigenvalue weighted by Gasteiger charge is 1.90. The van der Waals surface area contributed by atoms with Crippen LogP contribution in [0.3, 0.4) is 0 Å². The minimum absolute atomic E-state index is 0.328. The fourth-order valence-electron chi connectivity index (χ4n) is 0.448. The summed E-state index contributed by atoms with van der Waals surface area (Å²) in [4.78, 5) is 0. The smallest absolute Gasteiger partial charge is 0.131 e. The Morgan fingerprint density at radius 1 is 1.75 bits per heavy atom. The predicted octanol–water partition coefficient (Wildman–Crippen LogP) is 1.95. The van der Waals surface area contributed by atoms with Crippen LogP contribution in [-0.2, 0) is 10.9 Å². The van der Waals surface area contributed by atoms with E-state index in [4.69, 9.17) is 16.3 Å². The molecule has 1 heterocycles. The average molecular weight is 133 g/mol. The Kier molecular flexibility index (Phi) is 1.94. The molecule has 0 aliphatic heterocycles. The molecule has 0 saturated carbocycles. The van der Waals surface area contributed by atoms with Crippen LogP contribution >= 0.6 is 11.9 Å². The van der Waals surface area contributed by atoms with Crippen LogP contribution in [0.2, 0.25) is 0 Å². The van der Waals surface area contributed by atoms with Crippen LogP contribution in [0.4, 0.5) is 0 Å². The number of hydrogen-bond donors (Lipinski definition) is 0.